The summed E-state index contributed by atoms with van der Waals surface area (Å²) in [5, 5.41) is 47.1. The molecule has 0 spiro atoms. The van der Waals surface area contributed by atoms with Crippen molar-refractivity contribution in [2.24, 2.45) is 0 Å². The number of rotatable bonds is 10. The smallest absolute Gasteiger partial charge is 0.850 e. The van der Waals surface area contributed by atoms with Crippen LogP contribution in [0.4, 0.5) is 22.7 Å². The molecule has 26 heteroatoms. The van der Waals surface area contributed by atoms with Gasteiger partial charge < -0.3 is 54.2 Å². The van der Waals surface area contributed by atoms with E-state index < -0.39 is 61.7 Å². The molecule has 3 amide bonds. The number of aliphatic hydroxyl groups excluding tert-OH is 1. The molecule has 8 aromatic rings. The summed E-state index contributed by atoms with van der Waals surface area (Å²) in [6.07, 6.45) is 0. The van der Waals surface area contributed by atoms with E-state index in [1.54, 1.807) is 56.5 Å². The van der Waals surface area contributed by atoms with Crippen LogP contribution in [0.5, 0.6) is 0 Å². The van der Waals surface area contributed by atoms with Crippen LogP contribution in [0.3, 0.4) is 0 Å². The average Bonchev–Trinajstić information content (AvgIpc) is 1.58. The molecule has 3 N–H and O–H groups in total. The Balaban J connectivity index is 0.000000561. The van der Waals surface area contributed by atoms with Crippen LogP contribution >= 0.6 is 15.9 Å². The van der Waals surface area contributed by atoms with Crippen molar-refractivity contribution >= 4 is 149 Å². The minimum absolute atomic E-state index is 0. The van der Waals surface area contributed by atoms with Gasteiger partial charge in [0, 0.05) is 62.3 Å². The molecular weight excluding hydrogens is 1300 g/mol. The number of hydrogen-bond acceptors (Lipinski definition) is 17. The Labute approximate surface area is 574 Å². The van der Waals surface area contributed by atoms with E-state index in [0.29, 0.717) is 22.0 Å². The first-order valence-electron chi connectivity index (χ1n) is 25.0. The van der Waals surface area contributed by atoms with E-state index in [9.17, 15) is 69.7 Å². The fourth-order valence-corrected chi connectivity index (χ4v) is 11.1. The molecule has 90 heavy (non-hydrogen) atoms. The Morgan fingerprint density at radius 2 is 1.06 bits per heavy atom. The number of anilines is 3. The van der Waals surface area contributed by atoms with Crippen molar-refractivity contribution in [3.8, 4) is 0 Å². The minimum atomic E-state index is -4.70. The Kier molecular flexibility index (Phi) is 29.8. The Morgan fingerprint density at radius 1 is 0.622 bits per heavy atom. The number of esters is 1. The van der Waals surface area contributed by atoms with Crippen molar-refractivity contribution in [2.45, 2.75) is 80.2 Å². The first-order chi connectivity index (χ1) is 39.5. The summed E-state index contributed by atoms with van der Waals surface area (Å²) >= 11 is 2.90. The normalized spacial score (nSPS) is 12.3. The summed E-state index contributed by atoms with van der Waals surface area (Å²) in [6.45, 7) is 5.17. The largest absolute Gasteiger partial charge is 1.00 e. The number of nitrogens with zero attached hydrogens (tertiary/aromatic N) is 3. The Morgan fingerprint density at radius 3 is 1.53 bits per heavy atom. The van der Waals surface area contributed by atoms with Crippen LogP contribution < -0.4 is 76.7 Å². The molecule has 0 unspecified atom stereocenters. The van der Waals surface area contributed by atoms with Gasteiger partial charge in [0.2, 0.25) is 12.2 Å². The molecule has 0 radical (unpaired) electrons. The van der Waals surface area contributed by atoms with Gasteiger partial charge in [0.05, 0.1) is 58.3 Å². The zero-order chi connectivity index (χ0) is 61.7. The van der Waals surface area contributed by atoms with E-state index in [2.05, 4.69) is 26.0 Å². The summed E-state index contributed by atoms with van der Waals surface area (Å²) in [7, 11) is -7.94. The monoisotopic (exact) mass is 1360 g/mol. The van der Waals surface area contributed by atoms with Gasteiger partial charge in [-0.1, -0.05) is 147 Å². The summed E-state index contributed by atoms with van der Waals surface area (Å²) in [5.74, 6) is -3.78. The van der Waals surface area contributed by atoms with Crippen LogP contribution in [0, 0.1) is 0 Å². The van der Waals surface area contributed by atoms with Crippen LogP contribution in [0.2, 0.25) is 0 Å². The SMILES string of the molecule is C.C.C.C.C.CC(C)(C)[O-].CC1=[N+](CC(=O)O)c2ccc(S(=O)(=O)[O-])c3cccc1c23.COC(=O)CBr.O=C(CO)CN1C(=O)c2cccc3cccc1c23.O=C([O-])CN1C(=O)c2cccc3c(S(=O)(=O)[O-])ccc1c23.O=C1Nc2cccc3cccc1c23.[K+]. The van der Waals surface area contributed by atoms with Crippen molar-refractivity contribution in [1.29, 1.82) is 0 Å². The predicted octanol–water partition coefficient (Wildman–Crippen LogP) is 5.40. The fourth-order valence-electron chi connectivity index (χ4n) is 9.54. The van der Waals surface area contributed by atoms with Gasteiger partial charge in [0.1, 0.15) is 32.2 Å². The number of nitrogens with one attached hydrogen (secondary N) is 1. The van der Waals surface area contributed by atoms with Crippen LogP contribution in [-0.4, -0.2) is 132 Å². The second-order valence-electron chi connectivity index (χ2n) is 19.6. The van der Waals surface area contributed by atoms with Crippen LogP contribution in [-0.2, 0) is 44.2 Å². The van der Waals surface area contributed by atoms with Crippen molar-refractivity contribution in [2.75, 3.05) is 53.8 Å². The van der Waals surface area contributed by atoms with Gasteiger partial charge in [-0.2, -0.15) is 4.58 Å². The number of carbonyl (C=O) groups excluding carboxylic acids is 6. The number of aliphatic hydroxyl groups is 1. The van der Waals surface area contributed by atoms with Gasteiger partial charge >= 0.3 is 63.3 Å². The maximum absolute atomic E-state index is 12.2. The van der Waals surface area contributed by atoms with E-state index in [1.165, 1.54) is 48.4 Å². The molecule has 0 aliphatic carbocycles. The maximum Gasteiger partial charge on any atom is 1.00 e. The number of hydrogen-bond donors (Lipinski definition) is 3. The van der Waals surface area contributed by atoms with Crippen molar-refractivity contribution in [3.05, 3.63) is 156 Å². The molecule has 0 atom stereocenters. The molecule has 8 aromatic carbocycles. The van der Waals surface area contributed by atoms with Gasteiger partial charge in [-0.15, -0.1) is 5.60 Å². The number of carboxylic acids is 2. The van der Waals surface area contributed by atoms with Crippen molar-refractivity contribution < 1.29 is 141 Å². The van der Waals surface area contributed by atoms with Gasteiger partial charge in [0.15, 0.2) is 11.5 Å². The number of methoxy groups -OCH3 is 1. The number of carboxylic acid groups (broad SMARTS) is 2. The van der Waals surface area contributed by atoms with E-state index >= 15 is 0 Å². The number of amides is 3. The number of ether oxygens (including phenoxy) is 1. The second kappa shape index (κ2) is 33.2. The number of alkyl halides is 1. The average molecular weight is 1370 g/mol. The number of halogens is 1. The first-order valence-corrected chi connectivity index (χ1v) is 28.9. The van der Waals surface area contributed by atoms with Gasteiger partial charge in [-0.3, -0.25) is 24.0 Å². The molecule has 0 fully saturated rings. The van der Waals surface area contributed by atoms with Gasteiger partial charge in [0.25, 0.3) is 17.7 Å². The molecule has 12 rings (SSSR count). The van der Waals surface area contributed by atoms with Gasteiger partial charge in [-0.25, -0.2) is 21.6 Å². The van der Waals surface area contributed by atoms with E-state index in [0.717, 1.165) is 60.7 Å². The third kappa shape index (κ3) is 18.1. The Bertz CT molecular complexity index is 4300. The predicted molar refractivity (Wildman–Crippen MR) is 342 cm³/mol. The first kappa shape index (κ1) is 80.8. The fraction of sp³-hybridized carbons (Fsp3) is 0.250. The standard InChI is InChI=1S/C14H11NO5S.C14H11NO3.C13H9NO6S.C11H7NO.C4H9O.C3H5BrO2.5CH4.K/c1-8-9-3-2-4-10-12(21(18,19)20)6-5-11(14(9)10)15(8)7-13(16)17;16-8-10(17)7-15-12-6-2-4-9-3-1-5-11(13(9)12)14(15)18;15-11(16)6-14-9-4-5-10(21(18,19)20)7-2-1-3-8(12(7)9)13(14)17;13-11-8-5-1-3-7-4-2-6-9(12-11)10(7)8;1-4(2,3)5;1-6-3(5)2-4;;;;;;/h2-6H,7H2,1H3,(H-,16,17,18,19,20);1-6,16H,7-8H2;1-5H,6H2,(H,15,16)(H,18,19,20);1-6H,(H,12,13);1-3H3;2H2,1H3;5*1H4;/q;;;;-1;;;;;;;+1/p-2. The Hall–Kier alpha value is -7.18. The zero-order valence-electron chi connectivity index (χ0n) is 46.2. The summed E-state index contributed by atoms with van der Waals surface area (Å²) < 4.78 is 73.7. The van der Waals surface area contributed by atoms with Crippen LogP contribution in [0.15, 0.2) is 143 Å². The third-order valence-electron chi connectivity index (χ3n) is 12.8. The second-order valence-corrected chi connectivity index (χ2v) is 22.9. The van der Waals surface area contributed by atoms with Crippen molar-refractivity contribution in [3.63, 3.8) is 0 Å². The number of aliphatic carboxylic acids is 2. The third-order valence-corrected chi connectivity index (χ3v) is 15.1. The molecule has 0 bridgehead atoms. The quantitative estimate of drug-likeness (QED) is 0.0507. The van der Waals surface area contributed by atoms with E-state index in [-0.39, 0.29) is 157 Å². The molecule has 4 aliphatic rings. The molecule has 4 aliphatic heterocycles. The molecule has 0 aromatic heterocycles. The minimum Gasteiger partial charge on any atom is -0.850 e. The summed E-state index contributed by atoms with van der Waals surface area (Å²) in [4.78, 5) is 80.5. The summed E-state index contributed by atoms with van der Waals surface area (Å²) in [5.41, 5.74) is 4.81. The maximum atomic E-state index is 12.2. The number of Topliss-reactive ketones (excluding diaryl/α,β-unsaturated/α-hetero) is 1. The number of carbonyl (C=O) groups is 7. The topological polar surface area (TPSA) is 351 Å². The number of ketones is 1. The van der Waals surface area contributed by atoms with Crippen molar-refractivity contribution in [1.82, 2.24) is 0 Å². The molecular formula is C64H70BrKN4O18S2-2. The van der Waals surface area contributed by atoms with E-state index in [1.807, 2.05) is 66.7 Å². The van der Waals surface area contributed by atoms with Crippen LogP contribution in [0.1, 0.15) is 101 Å². The zero-order valence-corrected chi connectivity index (χ0v) is 52.5. The van der Waals surface area contributed by atoms with E-state index in [4.69, 9.17) is 10.2 Å². The molecule has 22 nitrogen and oxygen atoms in total. The molecule has 476 valence electrons. The molecule has 4 heterocycles. The summed E-state index contributed by atoms with van der Waals surface area (Å²) in [6, 6.07) is 37.2. The number of benzene rings is 8. The molecule has 0 saturated carbocycles. The van der Waals surface area contributed by atoms with Crippen LogP contribution in [0.25, 0.3) is 43.1 Å². The van der Waals surface area contributed by atoms with Gasteiger partial charge in [-0.05, 0) is 65.4 Å². The molecule has 0 saturated heterocycles.